The van der Waals surface area contributed by atoms with Crippen LogP contribution in [0.1, 0.15) is 0 Å². The van der Waals surface area contributed by atoms with E-state index in [4.69, 9.17) is 5.73 Å². The molecule has 0 spiro atoms. The number of hydrogen-bond acceptors (Lipinski definition) is 2. The second kappa shape index (κ2) is 3.65. The normalized spacial score (nSPS) is 10.3. The number of nitrogen functional groups attached to an aromatic ring is 1. The molecule has 0 aliphatic carbocycles. The highest BCUT2D eigenvalue weighted by atomic mass is 19.1. The van der Waals surface area contributed by atoms with E-state index in [9.17, 15) is 8.78 Å². The number of hydrogen-bond donors (Lipinski definition) is 1. The van der Waals surface area contributed by atoms with Gasteiger partial charge in [-0.05, 0) is 18.2 Å². The monoisotopic (exact) mass is 206 g/mol. The van der Waals surface area contributed by atoms with E-state index in [0.717, 1.165) is 0 Å². The maximum Gasteiger partial charge on any atom is 0.134 e. The second-order valence-corrected chi connectivity index (χ2v) is 3.06. The minimum Gasteiger partial charge on any atom is -0.398 e. The summed E-state index contributed by atoms with van der Waals surface area (Å²) in [5, 5.41) is 0. The van der Waals surface area contributed by atoms with Crippen molar-refractivity contribution in [3.63, 3.8) is 0 Å². The minimum atomic E-state index is -0.644. The Morgan fingerprint density at radius 1 is 1.07 bits per heavy atom. The van der Waals surface area contributed by atoms with E-state index in [-0.39, 0.29) is 11.1 Å². The Balaban J connectivity index is 2.69. The molecule has 1 aromatic heterocycles. The highest BCUT2D eigenvalue weighted by Crippen LogP contribution is 2.29. The molecule has 0 atom stereocenters. The molecule has 2 rings (SSSR count). The van der Waals surface area contributed by atoms with Crippen LogP contribution >= 0.6 is 0 Å². The molecule has 4 heteroatoms. The van der Waals surface area contributed by atoms with Crippen LogP contribution in [-0.4, -0.2) is 4.98 Å². The summed E-state index contributed by atoms with van der Waals surface area (Å²) in [6, 6.07) is 5.18. The number of rotatable bonds is 1. The van der Waals surface area contributed by atoms with Crippen LogP contribution in [0.5, 0.6) is 0 Å². The first kappa shape index (κ1) is 9.58. The Hall–Kier alpha value is -1.97. The van der Waals surface area contributed by atoms with Crippen molar-refractivity contribution < 1.29 is 8.78 Å². The third-order valence-electron chi connectivity index (χ3n) is 2.09. The van der Waals surface area contributed by atoms with Gasteiger partial charge in [0.2, 0.25) is 0 Å². The number of nitrogens with zero attached hydrogens (tertiary/aromatic N) is 1. The largest absolute Gasteiger partial charge is 0.398 e. The molecule has 0 radical (unpaired) electrons. The number of halogens is 2. The Kier molecular flexibility index (Phi) is 2.33. The quantitative estimate of drug-likeness (QED) is 0.778. The topological polar surface area (TPSA) is 38.9 Å². The Morgan fingerprint density at radius 2 is 1.73 bits per heavy atom. The molecular formula is C11H8F2N2. The van der Waals surface area contributed by atoms with E-state index < -0.39 is 11.6 Å². The highest BCUT2D eigenvalue weighted by molar-refractivity contribution is 5.75. The van der Waals surface area contributed by atoms with Crippen LogP contribution in [0.3, 0.4) is 0 Å². The molecule has 0 unspecified atom stereocenters. The van der Waals surface area contributed by atoms with Gasteiger partial charge in [0.05, 0.1) is 5.56 Å². The number of nitrogens with two attached hydrogens (primary N) is 1. The predicted octanol–water partition coefficient (Wildman–Crippen LogP) is 2.61. The van der Waals surface area contributed by atoms with Gasteiger partial charge in [0.15, 0.2) is 0 Å². The third kappa shape index (κ3) is 1.66. The van der Waals surface area contributed by atoms with E-state index in [1.54, 1.807) is 0 Å². The van der Waals surface area contributed by atoms with Crippen molar-refractivity contribution in [1.82, 2.24) is 4.98 Å². The van der Waals surface area contributed by atoms with Gasteiger partial charge >= 0.3 is 0 Å². The molecule has 1 aromatic carbocycles. The van der Waals surface area contributed by atoms with Crippen molar-refractivity contribution in [3.05, 3.63) is 48.3 Å². The van der Waals surface area contributed by atoms with Crippen LogP contribution in [0.2, 0.25) is 0 Å². The van der Waals surface area contributed by atoms with Gasteiger partial charge in [-0.3, -0.25) is 4.98 Å². The fourth-order valence-corrected chi connectivity index (χ4v) is 1.37. The summed E-state index contributed by atoms with van der Waals surface area (Å²) in [7, 11) is 0. The van der Waals surface area contributed by atoms with Crippen LogP contribution in [0, 0.1) is 11.6 Å². The Labute approximate surface area is 85.4 Å². The average molecular weight is 206 g/mol. The second-order valence-electron chi connectivity index (χ2n) is 3.06. The summed E-state index contributed by atoms with van der Waals surface area (Å²) >= 11 is 0. The SMILES string of the molecule is Nc1ccncc1-c1c(F)cccc1F. The fraction of sp³-hybridized carbons (Fsp3) is 0. The van der Waals surface area contributed by atoms with E-state index in [0.29, 0.717) is 5.69 Å². The van der Waals surface area contributed by atoms with Crippen molar-refractivity contribution in [3.8, 4) is 11.1 Å². The first-order chi connectivity index (χ1) is 7.20. The van der Waals surface area contributed by atoms with Crippen LogP contribution in [0.25, 0.3) is 11.1 Å². The summed E-state index contributed by atoms with van der Waals surface area (Å²) < 4.78 is 26.8. The molecule has 0 bridgehead atoms. The van der Waals surface area contributed by atoms with Gasteiger partial charge < -0.3 is 5.73 Å². The molecule has 0 saturated heterocycles. The zero-order valence-corrected chi connectivity index (χ0v) is 7.74. The lowest BCUT2D eigenvalue weighted by Gasteiger charge is -2.06. The maximum absolute atomic E-state index is 13.4. The first-order valence-electron chi connectivity index (χ1n) is 4.34. The van der Waals surface area contributed by atoms with Gasteiger partial charge in [-0.2, -0.15) is 0 Å². The van der Waals surface area contributed by atoms with Gasteiger partial charge in [-0.15, -0.1) is 0 Å². The van der Waals surface area contributed by atoms with Crippen LogP contribution in [0.4, 0.5) is 14.5 Å². The summed E-state index contributed by atoms with van der Waals surface area (Å²) in [6.45, 7) is 0. The molecule has 1 heterocycles. The van der Waals surface area contributed by atoms with Crippen LogP contribution in [-0.2, 0) is 0 Å². The number of anilines is 1. The van der Waals surface area contributed by atoms with Crippen LogP contribution < -0.4 is 5.73 Å². The Bertz CT molecular complexity index is 477. The predicted molar refractivity (Wildman–Crippen MR) is 54.0 cm³/mol. The zero-order chi connectivity index (χ0) is 10.8. The van der Waals surface area contributed by atoms with Crippen molar-refractivity contribution in [1.29, 1.82) is 0 Å². The summed E-state index contributed by atoms with van der Waals surface area (Å²) in [5.41, 5.74) is 6.05. The third-order valence-corrected chi connectivity index (χ3v) is 2.09. The van der Waals surface area contributed by atoms with Gasteiger partial charge in [-0.25, -0.2) is 8.78 Å². The molecular weight excluding hydrogens is 198 g/mol. The number of benzene rings is 1. The van der Waals surface area contributed by atoms with Crippen molar-refractivity contribution in [2.75, 3.05) is 5.73 Å². The average Bonchev–Trinajstić information content (AvgIpc) is 2.20. The fourth-order valence-electron chi connectivity index (χ4n) is 1.37. The molecule has 0 fully saturated rings. The van der Waals surface area contributed by atoms with Gasteiger partial charge in [-0.1, -0.05) is 6.07 Å². The standard InChI is InChI=1S/C11H8F2N2/c12-8-2-1-3-9(13)11(8)7-6-15-5-4-10(7)14/h1-6H,(H2,14,15). The van der Waals surface area contributed by atoms with E-state index in [1.165, 1.54) is 36.7 Å². The number of pyridine rings is 1. The summed E-state index contributed by atoms with van der Waals surface area (Å²) in [6.07, 6.45) is 2.81. The van der Waals surface area contributed by atoms with Crippen molar-refractivity contribution >= 4 is 5.69 Å². The first-order valence-corrected chi connectivity index (χ1v) is 4.34. The van der Waals surface area contributed by atoms with E-state index in [2.05, 4.69) is 4.98 Å². The molecule has 0 aliphatic heterocycles. The lowest BCUT2D eigenvalue weighted by Crippen LogP contribution is -1.95. The lowest BCUT2D eigenvalue weighted by molar-refractivity contribution is 0.589. The van der Waals surface area contributed by atoms with Crippen molar-refractivity contribution in [2.24, 2.45) is 0 Å². The summed E-state index contributed by atoms with van der Waals surface area (Å²) in [5.74, 6) is -1.29. The molecule has 0 aliphatic rings. The highest BCUT2D eigenvalue weighted by Gasteiger charge is 2.12. The molecule has 0 saturated carbocycles. The summed E-state index contributed by atoms with van der Waals surface area (Å²) in [4.78, 5) is 3.79. The molecule has 2 nitrogen and oxygen atoms in total. The minimum absolute atomic E-state index is 0.136. The Morgan fingerprint density at radius 3 is 2.33 bits per heavy atom. The van der Waals surface area contributed by atoms with E-state index >= 15 is 0 Å². The van der Waals surface area contributed by atoms with Crippen LogP contribution in [0.15, 0.2) is 36.7 Å². The van der Waals surface area contributed by atoms with Gasteiger partial charge in [0, 0.05) is 23.6 Å². The van der Waals surface area contributed by atoms with Gasteiger partial charge in [0.1, 0.15) is 11.6 Å². The number of aromatic nitrogens is 1. The smallest absolute Gasteiger partial charge is 0.134 e. The molecule has 2 aromatic rings. The van der Waals surface area contributed by atoms with Crippen molar-refractivity contribution in [2.45, 2.75) is 0 Å². The maximum atomic E-state index is 13.4. The molecule has 15 heavy (non-hydrogen) atoms. The van der Waals surface area contributed by atoms with Gasteiger partial charge in [0.25, 0.3) is 0 Å². The molecule has 0 amide bonds. The lowest BCUT2D eigenvalue weighted by atomic mass is 10.1. The molecule has 2 N–H and O–H groups in total. The zero-order valence-electron chi connectivity index (χ0n) is 7.74. The molecule has 76 valence electrons. The van der Waals surface area contributed by atoms with E-state index in [1.807, 2.05) is 0 Å².